The first kappa shape index (κ1) is 21.7. The monoisotopic (exact) mass is 446 g/mol. The fourth-order valence-electron chi connectivity index (χ4n) is 3.74. The molecule has 0 unspecified atom stereocenters. The lowest BCUT2D eigenvalue weighted by molar-refractivity contribution is -0.137. The molecule has 0 spiro atoms. The van der Waals surface area contributed by atoms with E-state index in [1.54, 1.807) is 25.3 Å². The van der Waals surface area contributed by atoms with Crippen LogP contribution < -0.4 is 10.1 Å². The van der Waals surface area contributed by atoms with E-state index in [2.05, 4.69) is 5.32 Å². The summed E-state index contributed by atoms with van der Waals surface area (Å²) in [5.41, 5.74) is 4.54. The van der Waals surface area contributed by atoms with Crippen molar-refractivity contribution in [2.24, 2.45) is 0 Å². The predicted octanol–water partition coefficient (Wildman–Crippen LogP) is 5.36. The fourth-order valence-corrected chi connectivity index (χ4v) is 3.93. The molecule has 32 heavy (non-hydrogen) atoms. The number of anilines is 1. The largest absolute Gasteiger partial charge is 0.496 e. The molecular formula is C26H23ClN2O3. The number of para-hydroxylation sites is 1. The van der Waals surface area contributed by atoms with Crippen molar-refractivity contribution in [3.8, 4) is 5.75 Å². The van der Waals surface area contributed by atoms with Gasteiger partial charge < -0.3 is 10.1 Å². The average Bonchev–Trinajstić information content (AvgIpc) is 3.01. The number of imide groups is 1. The van der Waals surface area contributed by atoms with E-state index in [0.717, 1.165) is 16.8 Å². The van der Waals surface area contributed by atoms with Crippen molar-refractivity contribution in [3.05, 3.63) is 99.7 Å². The van der Waals surface area contributed by atoms with Crippen LogP contribution in [0.4, 0.5) is 5.69 Å². The highest BCUT2D eigenvalue weighted by molar-refractivity contribution is 6.37. The third-order valence-corrected chi connectivity index (χ3v) is 5.85. The molecule has 5 nitrogen and oxygen atoms in total. The van der Waals surface area contributed by atoms with E-state index in [-0.39, 0.29) is 17.8 Å². The number of nitrogens with zero attached hydrogens (tertiary/aromatic N) is 1. The molecule has 162 valence electrons. The normalized spacial score (nSPS) is 13.7. The van der Waals surface area contributed by atoms with Crippen LogP contribution in [0.2, 0.25) is 5.02 Å². The van der Waals surface area contributed by atoms with Crippen LogP contribution in [0, 0.1) is 13.8 Å². The van der Waals surface area contributed by atoms with Gasteiger partial charge in [-0.1, -0.05) is 60.1 Å². The number of carbonyl (C=O) groups excluding carboxylic acids is 2. The smallest absolute Gasteiger partial charge is 0.278 e. The lowest BCUT2D eigenvalue weighted by Gasteiger charge is -2.17. The predicted molar refractivity (Wildman–Crippen MR) is 126 cm³/mol. The van der Waals surface area contributed by atoms with Crippen LogP contribution >= 0.6 is 11.6 Å². The van der Waals surface area contributed by atoms with Crippen LogP contribution in [-0.4, -0.2) is 23.8 Å². The second-order valence-electron chi connectivity index (χ2n) is 7.68. The Hall–Kier alpha value is -3.57. The summed E-state index contributed by atoms with van der Waals surface area (Å²) < 4.78 is 5.49. The summed E-state index contributed by atoms with van der Waals surface area (Å²) in [7, 11) is 1.54. The van der Waals surface area contributed by atoms with Gasteiger partial charge in [0.2, 0.25) is 0 Å². The highest BCUT2D eigenvalue weighted by atomic mass is 35.5. The Morgan fingerprint density at radius 3 is 2.41 bits per heavy atom. The lowest BCUT2D eigenvalue weighted by Crippen LogP contribution is -2.32. The lowest BCUT2D eigenvalue weighted by atomic mass is 10.0. The summed E-state index contributed by atoms with van der Waals surface area (Å²) in [4.78, 5) is 28.3. The molecule has 0 saturated carbocycles. The van der Waals surface area contributed by atoms with E-state index in [0.29, 0.717) is 21.9 Å². The molecule has 0 atom stereocenters. The van der Waals surface area contributed by atoms with Crippen LogP contribution in [0.1, 0.15) is 22.3 Å². The SMILES string of the molecule is COc1ccccc1C1=C(Nc2cc(C)ccc2C)C(=O)N(Cc2ccccc2Cl)C1=O. The van der Waals surface area contributed by atoms with Crippen LogP contribution in [0.3, 0.4) is 0 Å². The fraction of sp³-hybridized carbons (Fsp3) is 0.154. The van der Waals surface area contributed by atoms with Gasteiger partial charge >= 0.3 is 0 Å². The molecule has 1 aliphatic heterocycles. The molecule has 4 rings (SSSR count). The van der Waals surface area contributed by atoms with Crippen molar-refractivity contribution < 1.29 is 14.3 Å². The number of hydrogen-bond acceptors (Lipinski definition) is 4. The molecule has 0 saturated heterocycles. The topological polar surface area (TPSA) is 58.6 Å². The van der Waals surface area contributed by atoms with Crippen molar-refractivity contribution in [1.29, 1.82) is 0 Å². The van der Waals surface area contributed by atoms with Gasteiger partial charge in [-0.05, 0) is 48.7 Å². The molecule has 1 heterocycles. The minimum atomic E-state index is -0.406. The zero-order valence-electron chi connectivity index (χ0n) is 18.1. The molecule has 0 radical (unpaired) electrons. The Balaban J connectivity index is 1.82. The first-order chi connectivity index (χ1) is 15.4. The summed E-state index contributed by atoms with van der Waals surface area (Å²) >= 11 is 6.31. The minimum Gasteiger partial charge on any atom is -0.496 e. The third kappa shape index (κ3) is 3.99. The number of methoxy groups -OCH3 is 1. The average molecular weight is 447 g/mol. The molecule has 1 aliphatic rings. The van der Waals surface area contributed by atoms with Gasteiger partial charge in [-0.25, -0.2) is 0 Å². The van der Waals surface area contributed by atoms with Crippen molar-refractivity contribution in [1.82, 2.24) is 4.90 Å². The number of carbonyl (C=O) groups is 2. The zero-order chi connectivity index (χ0) is 22.8. The Labute approximate surface area is 192 Å². The van der Waals surface area contributed by atoms with Gasteiger partial charge in [-0.2, -0.15) is 0 Å². The molecule has 0 bridgehead atoms. The zero-order valence-corrected chi connectivity index (χ0v) is 18.9. The molecule has 1 N–H and O–H groups in total. The number of benzene rings is 3. The molecule has 0 fully saturated rings. The van der Waals surface area contributed by atoms with E-state index in [4.69, 9.17) is 16.3 Å². The molecule has 0 aromatic heterocycles. The van der Waals surface area contributed by atoms with Gasteiger partial charge in [-0.15, -0.1) is 0 Å². The van der Waals surface area contributed by atoms with E-state index in [1.807, 2.05) is 62.4 Å². The Morgan fingerprint density at radius 2 is 1.66 bits per heavy atom. The second kappa shape index (κ2) is 8.89. The summed E-state index contributed by atoms with van der Waals surface area (Å²) in [6.45, 7) is 4.01. The number of nitrogens with one attached hydrogen (secondary N) is 1. The van der Waals surface area contributed by atoms with Crippen LogP contribution in [-0.2, 0) is 16.1 Å². The Morgan fingerprint density at radius 1 is 0.938 bits per heavy atom. The highest BCUT2D eigenvalue weighted by Crippen LogP contribution is 2.36. The molecule has 0 aliphatic carbocycles. The van der Waals surface area contributed by atoms with Crippen molar-refractivity contribution in [3.63, 3.8) is 0 Å². The Kier molecular flexibility index (Phi) is 6.01. The first-order valence-electron chi connectivity index (χ1n) is 10.2. The van der Waals surface area contributed by atoms with Crippen LogP contribution in [0.15, 0.2) is 72.4 Å². The second-order valence-corrected chi connectivity index (χ2v) is 8.09. The summed E-state index contributed by atoms with van der Waals surface area (Å²) in [5, 5.41) is 3.74. The Bertz CT molecular complexity index is 1250. The third-order valence-electron chi connectivity index (χ3n) is 5.48. The number of hydrogen-bond donors (Lipinski definition) is 1. The number of halogens is 1. The van der Waals surface area contributed by atoms with Gasteiger partial charge in [0, 0.05) is 16.3 Å². The summed E-state index contributed by atoms with van der Waals surface area (Å²) in [6, 6.07) is 20.3. The van der Waals surface area contributed by atoms with Gasteiger partial charge in [-0.3, -0.25) is 14.5 Å². The maximum atomic E-state index is 13.6. The molecule has 6 heteroatoms. The first-order valence-corrected chi connectivity index (χ1v) is 10.6. The maximum Gasteiger partial charge on any atom is 0.278 e. The number of ether oxygens (including phenoxy) is 1. The highest BCUT2D eigenvalue weighted by Gasteiger charge is 2.40. The molecule has 3 aromatic rings. The molecular weight excluding hydrogens is 424 g/mol. The van der Waals surface area contributed by atoms with E-state index in [9.17, 15) is 9.59 Å². The number of rotatable bonds is 6. The quantitative estimate of drug-likeness (QED) is 0.518. The van der Waals surface area contributed by atoms with E-state index in [1.165, 1.54) is 4.90 Å². The van der Waals surface area contributed by atoms with Gasteiger partial charge in [0.15, 0.2) is 0 Å². The van der Waals surface area contributed by atoms with E-state index < -0.39 is 11.8 Å². The summed E-state index contributed by atoms with van der Waals surface area (Å²) in [5.74, 6) is -0.285. The standard InChI is InChI=1S/C26H23ClN2O3/c1-16-12-13-17(2)21(14-16)28-24-23(19-9-5-7-11-22(19)32-3)25(30)29(26(24)31)15-18-8-4-6-10-20(18)27/h4-14,28H,15H2,1-3H3. The van der Waals surface area contributed by atoms with Gasteiger partial charge in [0.1, 0.15) is 11.4 Å². The molecule has 3 aromatic carbocycles. The van der Waals surface area contributed by atoms with Crippen molar-refractivity contribution in [2.45, 2.75) is 20.4 Å². The maximum absolute atomic E-state index is 13.6. The van der Waals surface area contributed by atoms with Crippen molar-refractivity contribution >= 4 is 34.7 Å². The van der Waals surface area contributed by atoms with Crippen LogP contribution in [0.5, 0.6) is 5.75 Å². The number of amides is 2. The van der Waals surface area contributed by atoms with Crippen LogP contribution in [0.25, 0.3) is 5.57 Å². The van der Waals surface area contributed by atoms with Gasteiger partial charge in [0.05, 0.1) is 19.2 Å². The van der Waals surface area contributed by atoms with E-state index >= 15 is 0 Å². The van der Waals surface area contributed by atoms with Gasteiger partial charge in [0.25, 0.3) is 11.8 Å². The minimum absolute atomic E-state index is 0.0773. The molecule has 2 amide bonds. The summed E-state index contributed by atoms with van der Waals surface area (Å²) in [6.07, 6.45) is 0. The van der Waals surface area contributed by atoms with Crippen molar-refractivity contribution in [2.75, 3.05) is 12.4 Å². The number of aryl methyl sites for hydroxylation is 2.